The third-order valence-electron chi connectivity index (χ3n) is 3.94. The molecule has 0 aliphatic rings. The normalized spacial score (nSPS) is 12.0. The summed E-state index contributed by atoms with van der Waals surface area (Å²) in [6.07, 6.45) is 4.67. The molecule has 0 fully saturated rings. The van der Waals surface area contributed by atoms with E-state index >= 15 is 0 Å². The minimum atomic E-state index is -0.615. The van der Waals surface area contributed by atoms with E-state index in [9.17, 15) is 9.59 Å². The first-order valence-electron chi connectivity index (χ1n) is 8.21. The molecule has 1 unspecified atom stereocenters. The van der Waals surface area contributed by atoms with Gasteiger partial charge in [0.25, 0.3) is 5.91 Å². The van der Waals surface area contributed by atoms with E-state index in [4.69, 9.17) is 16.0 Å². The lowest BCUT2D eigenvalue weighted by molar-refractivity contribution is -0.119. The van der Waals surface area contributed by atoms with Crippen LogP contribution in [0.2, 0.25) is 5.02 Å². The maximum absolute atomic E-state index is 12.6. The van der Waals surface area contributed by atoms with Gasteiger partial charge in [0.2, 0.25) is 5.91 Å². The van der Waals surface area contributed by atoms with Crippen LogP contribution in [-0.4, -0.2) is 31.4 Å². The average Bonchev–Trinajstić information content (AvgIpc) is 3.34. The lowest BCUT2D eigenvalue weighted by Gasteiger charge is -2.12. The molecule has 2 amide bonds. The van der Waals surface area contributed by atoms with E-state index in [2.05, 4.69) is 20.8 Å². The van der Waals surface area contributed by atoms with Crippen molar-refractivity contribution in [2.45, 2.75) is 26.4 Å². The molecular weight excluding hydrogens is 372 g/mol. The Morgan fingerprint density at radius 3 is 2.74 bits per heavy atom. The largest absolute Gasteiger partial charge is 0.467 e. The fourth-order valence-corrected chi connectivity index (χ4v) is 2.56. The van der Waals surface area contributed by atoms with Crippen molar-refractivity contribution in [2.75, 3.05) is 5.32 Å². The molecule has 2 N–H and O–H groups in total. The zero-order valence-electron chi connectivity index (χ0n) is 15.1. The van der Waals surface area contributed by atoms with Gasteiger partial charge in [-0.15, -0.1) is 0 Å². The highest BCUT2D eigenvalue weighted by Gasteiger charge is 2.22. The predicted octanol–water partition coefficient (Wildman–Crippen LogP) is 2.30. The van der Waals surface area contributed by atoms with E-state index in [1.807, 2.05) is 0 Å². The van der Waals surface area contributed by atoms with Crippen LogP contribution in [0.15, 0.2) is 35.2 Å². The Bertz CT molecular complexity index is 940. The number of furan rings is 1. The van der Waals surface area contributed by atoms with Crippen LogP contribution in [0, 0.1) is 6.92 Å². The second-order valence-electron chi connectivity index (χ2n) is 6.03. The number of rotatable bonds is 6. The van der Waals surface area contributed by atoms with Crippen LogP contribution in [-0.2, 0) is 18.4 Å². The highest BCUT2D eigenvalue weighted by Crippen LogP contribution is 2.19. The quantitative estimate of drug-likeness (QED) is 0.671. The SMILES string of the molecule is Cc1nn(C(C)C(=O)Nc2cn(C)nc2C(=O)NCc2ccco2)cc1Cl. The Balaban J connectivity index is 1.71. The molecule has 27 heavy (non-hydrogen) atoms. The summed E-state index contributed by atoms with van der Waals surface area (Å²) in [7, 11) is 1.67. The Morgan fingerprint density at radius 2 is 2.11 bits per heavy atom. The van der Waals surface area contributed by atoms with Crippen molar-refractivity contribution in [1.29, 1.82) is 0 Å². The third kappa shape index (κ3) is 4.20. The maximum Gasteiger partial charge on any atom is 0.274 e. The number of nitrogens with zero attached hydrogens (tertiary/aromatic N) is 4. The van der Waals surface area contributed by atoms with Gasteiger partial charge in [-0.3, -0.25) is 19.0 Å². The number of halogens is 1. The summed E-state index contributed by atoms with van der Waals surface area (Å²) < 4.78 is 8.11. The molecule has 3 aromatic heterocycles. The molecule has 0 saturated heterocycles. The smallest absolute Gasteiger partial charge is 0.274 e. The van der Waals surface area contributed by atoms with Crippen molar-refractivity contribution < 1.29 is 14.0 Å². The standard InChI is InChI=1S/C17H19ClN6O3/c1-10-13(18)8-24(21-10)11(2)16(25)20-14-9-23(3)22-15(14)17(26)19-7-12-5-4-6-27-12/h4-6,8-9,11H,7H2,1-3H3,(H,19,26)(H,20,25). The number of hydrogen-bond acceptors (Lipinski definition) is 5. The minimum Gasteiger partial charge on any atom is -0.467 e. The third-order valence-corrected chi connectivity index (χ3v) is 4.31. The molecular formula is C17H19ClN6O3. The molecule has 0 aliphatic carbocycles. The molecule has 0 bridgehead atoms. The molecule has 9 nitrogen and oxygen atoms in total. The highest BCUT2D eigenvalue weighted by atomic mass is 35.5. The summed E-state index contributed by atoms with van der Waals surface area (Å²) in [5, 5.41) is 14.2. The summed E-state index contributed by atoms with van der Waals surface area (Å²) >= 11 is 6.00. The van der Waals surface area contributed by atoms with E-state index < -0.39 is 11.9 Å². The Hall–Kier alpha value is -3.07. The average molecular weight is 391 g/mol. The van der Waals surface area contributed by atoms with Gasteiger partial charge in [-0.1, -0.05) is 11.6 Å². The van der Waals surface area contributed by atoms with Crippen LogP contribution in [0.5, 0.6) is 0 Å². The number of carbonyl (C=O) groups excluding carboxylic acids is 2. The summed E-state index contributed by atoms with van der Waals surface area (Å²) in [5.41, 5.74) is 1.05. The first kappa shape index (κ1) is 18.7. The van der Waals surface area contributed by atoms with Gasteiger partial charge in [-0.2, -0.15) is 10.2 Å². The van der Waals surface area contributed by atoms with Gasteiger partial charge in [0.05, 0.1) is 29.2 Å². The summed E-state index contributed by atoms with van der Waals surface area (Å²) in [6.45, 7) is 3.66. The van der Waals surface area contributed by atoms with Gasteiger partial charge in [0, 0.05) is 19.4 Å². The number of amides is 2. The number of hydrogen-bond donors (Lipinski definition) is 2. The highest BCUT2D eigenvalue weighted by molar-refractivity contribution is 6.31. The summed E-state index contributed by atoms with van der Waals surface area (Å²) in [6, 6.07) is 2.87. The second-order valence-corrected chi connectivity index (χ2v) is 6.44. The first-order chi connectivity index (χ1) is 12.8. The van der Waals surface area contributed by atoms with Gasteiger partial charge in [-0.25, -0.2) is 0 Å². The van der Waals surface area contributed by atoms with Crippen molar-refractivity contribution in [3.63, 3.8) is 0 Å². The van der Waals surface area contributed by atoms with Crippen molar-refractivity contribution in [1.82, 2.24) is 24.9 Å². The summed E-state index contributed by atoms with van der Waals surface area (Å²) in [5.74, 6) is -0.153. The van der Waals surface area contributed by atoms with Crippen molar-refractivity contribution >= 4 is 29.1 Å². The number of carbonyl (C=O) groups is 2. The molecule has 1 atom stereocenters. The lowest BCUT2D eigenvalue weighted by atomic mass is 10.3. The van der Waals surface area contributed by atoms with Gasteiger partial charge in [0.15, 0.2) is 5.69 Å². The Morgan fingerprint density at radius 1 is 1.33 bits per heavy atom. The minimum absolute atomic E-state index is 0.110. The van der Waals surface area contributed by atoms with Crippen LogP contribution in [0.1, 0.15) is 34.9 Å². The van der Waals surface area contributed by atoms with Crippen molar-refractivity contribution in [3.8, 4) is 0 Å². The van der Waals surface area contributed by atoms with E-state index in [0.29, 0.717) is 22.2 Å². The number of aryl methyl sites for hydroxylation is 2. The zero-order valence-corrected chi connectivity index (χ0v) is 15.8. The van der Waals surface area contributed by atoms with Gasteiger partial charge >= 0.3 is 0 Å². The van der Waals surface area contributed by atoms with Crippen LogP contribution in [0.3, 0.4) is 0 Å². The monoisotopic (exact) mass is 390 g/mol. The van der Waals surface area contributed by atoms with E-state index in [0.717, 1.165) is 0 Å². The second kappa shape index (κ2) is 7.67. The van der Waals surface area contributed by atoms with Gasteiger partial charge in [-0.05, 0) is 26.0 Å². The Labute approximate surface area is 160 Å². The number of nitrogens with one attached hydrogen (secondary N) is 2. The van der Waals surface area contributed by atoms with Gasteiger partial charge < -0.3 is 15.1 Å². The van der Waals surface area contributed by atoms with E-state index in [1.54, 1.807) is 45.4 Å². The molecule has 3 aromatic rings. The maximum atomic E-state index is 12.6. The molecule has 3 heterocycles. The molecule has 0 saturated carbocycles. The fourth-order valence-electron chi connectivity index (χ4n) is 2.43. The summed E-state index contributed by atoms with van der Waals surface area (Å²) in [4.78, 5) is 25.0. The molecule has 10 heteroatoms. The van der Waals surface area contributed by atoms with Crippen LogP contribution in [0.4, 0.5) is 5.69 Å². The first-order valence-corrected chi connectivity index (χ1v) is 8.59. The lowest BCUT2D eigenvalue weighted by Crippen LogP contribution is -2.27. The molecule has 0 aliphatic heterocycles. The van der Waals surface area contributed by atoms with Crippen LogP contribution >= 0.6 is 11.6 Å². The van der Waals surface area contributed by atoms with Crippen molar-refractivity contribution in [2.24, 2.45) is 7.05 Å². The topological polar surface area (TPSA) is 107 Å². The van der Waals surface area contributed by atoms with Gasteiger partial charge in [0.1, 0.15) is 11.8 Å². The van der Waals surface area contributed by atoms with E-state index in [1.165, 1.54) is 15.6 Å². The number of aromatic nitrogens is 4. The van der Waals surface area contributed by atoms with Crippen LogP contribution < -0.4 is 10.6 Å². The predicted molar refractivity (Wildman–Crippen MR) is 98.4 cm³/mol. The molecule has 0 spiro atoms. The van der Waals surface area contributed by atoms with Crippen molar-refractivity contribution in [3.05, 3.63) is 53.0 Å². The molecule has 0 radical (unpaired) electrons. The fraction of sp³-hybridized carbons (Fsp3) is 0.294. The molecule has 0 aromatic carbocycles. The molecule has 3 rings (SSSR count). The zero-order chi connectivity index (χ0) is 19.6. The Kier molecular flexibility index (Phi) is 5.31. The van der Waals surface area contributed by atoms with Crippen LogP contribution in [0.25, 0.3) is 0 Å². The molecule has 142 valence electrons. The van der Waals surface area contributed by atoms with E-state index in [-0.39, 0.29) is 18.1 Å². The number of anilines is 1.